The van der Waals surface area contributed by atoms with E-state index in [-0.39, 0.29) is 88.6 Å². The molecule has 16 nitrogen and oxygen atoms in total. The molecule has 0 atom stereocenters. The Labute approximate surface area is 393 Å². The number of nitrogens with zero attached hydrogens (tertiary/aromatic N) is 6. The van der Waals surface area contributed by atoms with Gasteiger partial charge in [-0.3, -0.25) is 0 Å². The van der Waals surface area contributed by atoms with Crippen LogP contribution < -0.4 is 61.9 Å². The predicted molar refractivity (Wildman–Crippen MR) is 213 cm³/mol. The molecule has 0 saturated carbocycles. The second-order valence-electron chi connectivity index (χ2n) is 12.2. The third kappa shape index (κ3) is 11.2. The van der Waals surface area contributed by atoms with Crippen molar-refractivity contribution < 1.29 is 95.5 Å². The van der Waals surface area contributed by atoms with Crippen LogP contribution in [0.2, 0.25) is 0 Å². The average molecular weight is 890 g/mol. The largest absolute Gasteiger partial charge is 1.00 e. The van der Waals surface area contributed by atoms with Gasteiger partial charge in [-0.25, -0.2) is 30.2 Å². The molecule has 0 radical (unpaired) electrons. The molecular weight excluding hydrogens is 868 g/mol. The maximum atomic E-state index is 12.3. The number of fused-ring (bicyclic) bond motifs is 1. The number of thiophene rings is 1. The van der Waals surface area contributed by atoms with Crippen LogP contribution in [0.25, 0.3) is 33.2 Å². The number of azo groups is 2. The Balaban J connectivity index is 0.00000273. The molecule has 61 heavy (non-hydrogen) atoms. The molecule has 24 heteroatoms. The van der Waals surface area contributed by atoms with Crippen molar-refractivity contribution in [3.8, 4) is 28.5 Å². The van der Waals surface area contributed by atoms with Gasteiger partial charge in [0.2, 0.25) is 0 Å². The minimum absolute atomic E-state index is 0. The van der Waals surface area contributed by atoms with E-state index in [1.165, 1.54) is 18.2 Å². The summed E-state index contributed by atoms with van der Waals surface area (Å²) in [5, 5.41) is 31.1. The molecule has 2 aromatic heterocycles. The van der Waals surface area contributed by atoms with Gasteiger partial charge >= 0.3 is 56.6 Å². The Hall–Kier alpha value is -4.30. The monoisotopic (exact) mass is 889 g/mol. The summed E-state index contributed by atoms with van der Waals surface area (Å²) in [7, 11) is -15.0. The first-order chi connectivity index (χ1) is 27.5. The van der Waals surface area contributed by atoms with Gasteiger partial charge < -0.3 is 19.0 Å². The van der Waals surface area contributed by atoms with E-state index >= 15 is 0 Å². The second kappa shape index (κ2) is 19.8. The van der Waals surface area contributed by atoms with Crippen LogP contribution in [0.5, 0.6) is 0 Å². The van der Waals surface area contributed by atoms with Crippen molar-refractivity contribution in [2.24, 2.45) is 20.5 Å². The molecule has 0 saturated heterocycles. The van der Waals surface area contributed by atoms with E-state index in [0.717, 1.165) is 64.6 Å². The van der Waals surface area contributed by atoms with Crippen molar-refractivity contribution >= 4 is 95.3 Å². The molecule has 292 valence electrons. The number of anilines is 2. The first kappa shape index (κ1) is 49.4. The van der Waals surface area contributed by atoms with E-state index in [0.29, 0.717) is 38.2 Å². The Morgan fingerprint density at radius 2 is 1.25 bits per heavy atom. The predicted octanol–water partition coefficient (Wildman–Crippen LogP) is 0.171. The molecule has 0 bridgehead atoms. The number of nitriles is 1. The summed E-state index contributed by atoms with van der Waals surface area (Å²) in [6.45, 7) is 1.92. The number of hydrogen-bond acceptors (Lipinski definition) is 18. The normalized spacial score (nSPS) is 11.8. The number of aryl methyl sites for hydroxylation is 1. The Bertz CT molecular complexity index is 3200. The molecule has 0 amide bonds. The zero-order valence-corrected chi connectivity index (χ0v) is 36.4. The first-order valence-electron chi connectivity index (χ1n) is 16.3. The summed E-state index contributed by atoms with van der Waals surface area (Å²) < 4.78 is 107. The summed E-state index contributed by atoms with van der Waals surface area (Å²) in [4.78, 5) is 2.71. The molecule has 0 aliphatic rings. The van der Waals surface area contributed by atoms with Crippen LogP contribution in [-0.2, 0) is 30.4 Å². The smallest absolute Gasteiger partial charge is 0.744 e. The van der Waals surface area contributed by atoms with Gasteiger partial charge in [0.05, 0.1) is 20.4 Å². The van der Waals surface area contributed by atoms with Crippen molar-refractivity contribution in [2.75, 3.05) is 5.32 Å². The third-order valence-electron chi connectivity index (χ3n) is 8.30. The van der Waals surface area contributed by atoms with Crippen molar-refractivity contribution in [2.45, 2.75) is 21.6 Å². The summed E-state index contributed by atoms with van der Waals surface area (Å²) in [6, 6.07) is 28.7. The summed E-state index contributed by atoms with van der Waals surface area (Å²) in [5.74, 6) is 0. The van der Waals surface area contributed by atoms with Gasteiger partial charge in [-0.1, -0.05) is 95.0 Å². The van der Waals surface area contributed by atoms with Gasteiger partial charge in [0.25, 0.3) is 0 Å². The topological polar surface area (TPSA) is 270 Å². The van der Waals surface area contributed by atoms with Gasteiger partial charge in [-0.05, 0) is 55.0 Å². The van der Waals surface area contributed by atoms with Crippen LogP contribution in [0, 0.1) is 18.3 Å². The molecule has 1 N–H and O–H groups in total. The minimum atomic E-state index is -5.20. The first-order valence-corrected chi connectivity index (χ1v) is 22.2. The fourth-order valence-electron chi connectivity index (χ4n) is 5.67. The number of thiazole rings is 1. The molecule has 0 spiro atoms. The van der Waals surface area contributed by atoms with E-state index in [1.807, 2.05) is 31.2 Å². The number of hydrogen-bond donors (Lipinski definition) is 1. The van der Waals surface area contributed by atoms with Crippen LogP contribution >= 0.6 is 22.7 Å². The molecule has 5 aromatic carbocycles. The zero-order chi connectivity index (χ0) is 41.4. The number of aromatic nitrogens is 1. The average Bonchev–Trinajstić information content (AvgIpc) is 3.75. The number of nitrogens with one attached hydrogen (secondary N) is 1. The summed E-state index contributed by atoms with van der Waals surface area (Å²) in [6.07, 6.45) is 0. The molecule has 2 heterocycles. The molecule has 0 fully saturated rings. The Morgan fingerprint density at radius 3 is 1.85 bits per heavy atom. The molecule has 0 unspecified atom stereocenters. The number of rotatable bonds is 11. The van der Waals surface area contributed by atoms with Crippen LogP contribution in [0.4, 0.5) is 31.5 Å². The van der Waals surface area contributed by atoms with E-state index in [1.54, 1.807) is 30.3 Å². The van der Waals surface area contributed by atoms with Gasteiger partial charge in [0.1, 0.15) is 52.7 Å². The number of benzene rings is 5. The zero-order valence-electron chi connectivity index (χ0n) is 32.3. The van der Waals surface area contributed by atoms with E-state index in [9.17, 15) is 44.2 Å². The van der Waals surface area contributed by atoms with Crippen molar-refractivity contribution in [3.63, 3.8) is 0 Å². The van der Waals surface area contributed by atoms with E-state index in [2.05, 4.69) is 36.8 Å². The van der Waals surface area contributed by atoms with Crippen molar-refractivity contribution in [1.82, 2.24) is 4.98 Å². The fourth-order valence-corrected chi connectivity index (χ4v) is 9.29. The Kier molecular flexibility index (Phi) is 16.0. The van der Waals surface area contributed by atoms with Gasteiger partial charge in [0, 0.05) is 27.6 Å². The van der Waals surface area contributed by atoms with E-state index < -0.39 is 45.0 Å². The van der Waals surface area contributed by atoms with Crippen molar-refractivity contribution in [1.29, 1.82) is 5.26 Å². The van der Waals surface area contributed by atoms with E-state index in [4.69, 9.17) is 0 Å². The SMILES string of the molecule is Cc1ccc(-c2nc(Nc3ccc(S(=O)(=O)[O-])cc3)sc2N=Nc2sc(N=Nc3cc(S(=O)(=O)[O-])c4cccc(S(=O)(=O)[O-])c4c3)c(-c3ccccc3)c2C#N)cc1.[Li+].[Li+].[Li+]. The van der Waals surface area contributed by atoms with Gasteiger partial charge in [0.15, 0.2) is 15.1 Å². The van der Waals surface area contributed by atoms with Crippen LogP contribution in [0.3, 0.4) is 0 Å². The maximum Gasteiger partial charge on any atom is 1.00 e. The third-order valence-corrected chi connectivity index (χ3v) is 12.7. The molecule has 7 rings (SSSR count). The standard InChI is InChI=1S/C37H25N7O9S5.3Li/c1-21-10-12-23(13-11-21)33-36(55-37(40-33)39-24-14-16-26(17-15-24)56(45,46)47)44-42-34-29(20-38)32(22-6-3-2-4-7-22)35(54-34)43-41-25-18-28-27(31(19-25)58(51,52)53)8-5-9-30(28)57(48,49)50;;;/h2-19H,1H3,(H,39,40)(H,45,46,47)(H,48,49,50)(H,51,52,53);;;/q;3*+1/p-3. The maximum absolute atomic E-state index is 12.3. The van der Waals surface area contributed by atoms with Crippen LogP contribution in [0.1, 0.15) is 11.1 Å². The second-order valence-corrected chi connectivity index (χ2v) is 18.2. The molecule has 0 aliphatic heterocycles. The van der Waals surface area contributed by atoms with Gasteiger partial charge in [-0.2, -0.15) is 5.26 Å². The molecule has 0 aliphatic carbocycles. The Morgan fingerprint density at radius 1 is 0.623 bits per heavy atom. The quantitative estimate of drug-likeness (QED) is 0.104. The molecular formula is C37H22Li3N7O9S5. The van der Waals surface area contributed by atoms with Crippen LogP contribution in [0.15, 0.2) is 144 Å². The fraction of sp³-hybridized carbons (Fsp3) is 0.0270. The van der Waals surface area contributed by atoms with Gasteiger partial charge in [-0.15, -0.1) is 20.5 Å². The minimum Gasteiger partial charge on any atom is -0.744 e. The van der Waals surface area contributed by atoms with Crippen molar-refractivity contribution in [3.05, 3.63) is 120 Å². The summed E-state index contributed by atoms with van der Waals surface area (Å²) >= 11 is 2.00. The van der Waals surface area contributed by atoms with Crippen LogP contribution in [-0.4, -0.2) is 43.9 Å². The molecule has 7 aromatic rings. The summed E-state index contributed by atoms with van der Waals surface area (Å²) in [5.41, 5.74) is 3.15.